The minimum atomic E-state index is -1.47. The molecule has 0 bridgehead atoms. The summed E-state index contributed by atoms with van der Waals surface area (Å²) in [7, 11) is 2.54. The molecule has 0 heterocycles. The Kier molecular flexibility index (Phi) is 6.99. The van der Waals surface area contributed by atoms with E-state index in [1.165, 1.54) is 14.2 Å². The lowest BCUT2D eigenvalue weighted by atomic mass is 9.68. The van der Waals surface area contributed by atoms with E-state index in [1.807, 2.05) is 6.92 Å². The minimum absolute atomic E-state index is 0.228. The molecule has 6 nitrogen and oxygen atoms in total. The zero-order chi connectivity index (χ0) is 20.1. The van der Waals surface area contributed by atoms with E-state index in [4.69, 9.17) is 14.2 Å². The van der Waals surface area contributed by atoms with Crippen molar-refractivity contribution in [2.24, 2.45) is 5.41 Å². The van der Waals surface area contributed by atoms with Gasteiger partial charge in [-0.05, 0) is 38.3 Å². The number of hydrogen-bond donors (Lipinski definition) is 0. The molecule has 1 unspecified atom stereocenters. The summed E-state index contributed by atoms with van der Waals surface area (Å²) in [5, 5.41) is -1.47. The third-order valence-corrected chi connectivity index (χ3v) is 6.47. The fourth-order valence-electron chi connectivity index (χ4n) is 3.88. The Hall–Kier alpha value is -1.94. The average molecular weight is 394 g/mol. The monoisotopic (exact) mass is 394 g/mol. The summed E-state index contributed by atoms with van der Waals surface area (Å²) in [6.45, 7) is 3.67. The highest BCUT2D eigenvalue weighted by Crippen LogP contribution is 2.56. The fourth-order valence-corrected chi connectivity index (χ4v) is 4.52. The quantitative estimate of drug-likeness (QED) is 0.350. The van der Waals surface area contributed by atoms with Crippen molar-refractivity contribution < 1.29 is 28.4 Å². The lowest BCUT2D eigenvalue weighted by Crippen LogP contribution is -2.52. The first-order valence-corrected chi connectivity index (χ1v) is 10.0. The maximum Gasteiger partial charge on any atom is 0.324 e. The molecule has 1 aromatic carbocycles. The van der Waals surface area contributed by atoms with Crippen LogP contribution in [0.15, 0.2) is 18.2 Å². The Bertz CT molecular complexity index is 688. The molecule has 1 fully saturated rings. The van der Waals surface area contributed by atoms with Crippen LogP contribution in [-0.2, 0) is 14.1 Å². The largest absolute Gasteiger partial charge is 0.496 e. The highest BCUT2D eigenvalue weighted by atomic mass is 31.1. The van der Waals surface area contributed by atoms with E-state index in [0.29, 0.717) is 30.8 Å². The molecule has 0 amide bonds. The van der Waals surface area contributed by atoms with Crippen molar-refractivity contribution in [3.8, 4) is 11.5 Å². The molecule has 0 aromatic heterocycles. The van der Waals surface area contributed by atoms with Crippen LogP contribution in [-0.4, -0.2) is 37.7 Å². The minimum Gasteiger partial charge on any atom is -0.496 e. The molecule has 27 heavy (non-hydrogen) atoms. The summed E-state index contributed by atoms with van der Waals surface area (Å²) in [5.41, 5.74) is -0.856. The zero-order valence-corrected chi connectivity index (χ0v) is 17.3. The van der Waals surface area contributed by atoms with Crippen molar-refractivity contribution >= 4 is 20.2 Å². The fraction of sp³-hybridized carbons (Fsp3) is 0.600. The summed E-state index contributed by atoms with van der Waals surface area (Å²) in [4.78, 5) is 26.6. The van der Waals surface area contributed by atoms with Gasteiger partial charge in [0.25, 0.3) is 0 Å². The van der Waals surface area contributed by atoms with Crippen molar-refractivity contribution in [1.82, 2.24) is 0 Å². The summed E-state index contributed by atoms with van der Waals surface area (Å²) in [6.07, 6.45) is 3.11. The maximum absolute atomic E-state index is 13.8. The van der Waals surface area contributed by atoms with Crippen molar-refractivity contribution in [3.05, 3.63) is 23.8 Å². The Morgan fingerprint density at radius 1 is 1.15 bits per heavy atom. The van der Waals surface area contributed by atoms with Crippen LogP contribution in [0.4, 0.5) is 0 Å². The number of carbonyl (C=O) groups excluding carboxylic acids is 2. The average Bonchev–Trinajstić information content (AvgIpc) is 3.21. The molecule has 0 radical (unpaired) electrons. The van der Waals surface area contributed by atoms with Gasteiger partial charge in [-0.1, -0.05) is 25.8 Å². The summed E-state index contributed by atoms with van der Waals surface area (Å²) in [5.74, 6) is -0.145. The first-order valence-electron chi connectivity index (χ1n) is 9.19. The molecule has 1 aromatic rings. The molecular weight excluding hydrogens is 367 g/mol. The molecule has 1 saturated carbocycles. The highest BCUT2D eigenvalue weighted by Gasteiger charge is 2.61. The van der Waals surface area contributed by atoms with Gasteiger partial charge in [-0.2, -0.15) is 0 Å². The number of hydrogen-bond acceptors (Lipinski definition) is 6. The Morgan fingerprint density at radius 2 is 1.70 bits per heavy atom. The molecule has 0 spiro atoms. The number of esters is 1. The summed E-state index contributed by atoms with van der Waals surface area (Å²) < 4.78 is 28.3. The second-order valence-electron chi connectivity index (χ2n) is 6.96. The van der Waals surface area contributed by atoms with Crippen molar-refractivity contribution in [3.63, 3.8) is 0 Å². The maximum atomic E-state index is 13.8. The van der Waals surface area contributed by atoms with Gasteiger partial charge in [-0.25, -0.2) is 0 Å². The van der Waals surface area contributed by atoms with Crippen molar-refractivity contribution in [1.29, 1.82) is 0 Å². The van der Waals surface area contributed by atoms with Gasteiger partial charge in [0, 0.05) is 0 Å². The standard InChI is InChI=1S/C20H27O6P/c1-5-13-26-18(22)19(2,27-23)20(11-6-7-12-20)17(21)16-14(24-3)9-8-10-15(16)25-4/h8-10H,5-7,11-13H2,1-4H3. The van der Waals surface area contributed by atoms with E-state index in [2.05, 4.69) is 0 Å². The van der Waals surface area contributed by atoms with Crippen LogP contribution in [0.5, 0.6) is 11.5 Å². The highest BCUT2D eigenvalue weighted by molar-refractivity contribution is 7.28. The predicted molar refractivity (Wildman–Crippen MR) is 102 cm³/mol. The molecule has 0 saturated heterocycles. The normalized spacial score (nSPS) is 17.9. The second kappa shape index (κ2) is 8.83. The topological polar surface area (TPSA) is 78.9 Å². The molecule has 0 N–H and O–H groups in total. The Labute approximate surface area is 161 Å². The van der Waals surface area contributed by atoms with E-state index in [-0.39, 0.29) is 18.0 Å². The third-order valence-electron chi connectivity index (χ3n) is 5.50. The molecule has 1 aliphatic rings. The van der Waals surface area contributed by atoms with Crippen LogP contribution >= 0.6 is 8.46 Å². The molecule has 1 aliphatic carbocycles. The predicted octanol–water partition coefficient (Wildman–Crippen LogP) is 4.45. The van der Waals surface area contributed by atoms with Crippen LogP contribution < -0.4 is 9.47 Å². The summed E-state index contributed by atoms with van der Waals surface area (Å²) >= 11 is 0. The third kappa shape index (κ3) is 3.60. The Balaban J connectivity index is 2.61. The van der Waals surface area contributed by atoms with E-state index >= 15 is 0 Å². The van der Waals surface area contributed by atoms with E-state index in [1.54, 1.807) is 25.1 Å². The van der Waals surface area contributed by atoms with Gasteiger partial charge in [0.1, 0.15) is 17.1 Å². The lowest BCUT2D eigenvalue weighted by Gasteiger charge is -2.39. The molecular formula is C20H27O6P. The number of ether oxygens (including phenoxy) is 3. The van der Waals surface area contributed by atoms with Crippen LogP contribution in [0.3, 0.4) is 0 Å². The van der Waals surface area contributed by atoms with Crippen LogP contribution in [0, 0.1) is 5.41 Å². The van der Waals surface area contributed by atoms with Gasteiger partial charge in [-0.3, -0.25) is 14.2 Å². The SMILES string of the molecule is CCCOC(=O)C(C)(P=O)C1(C(=O)c2c(OC)cccc2OC)CCCC1. The number of methoxy groups -OCH3 is 2. The van der Waals surface area contributed by atoms with Gasteiger partial charge >= 0.3 is 5.97 Å². The van der Waals surface area contributed by atoms with Crippen molar-refractivity contribution in [2.75, 3.05) is 20.8 Å². The van der Waals surface area contributed by atoms with Gasteiger partial charge in [0.2, 0.25) is 0 Å². The Morgan fingerprint density at radius 3 is 2.15 bits per heavy atom. The lowest BCUT2D eigenvalue weighted by molar-refractivity contribution is -0.149. The van der Waals surface area contributed by atoms with Gasteiger partial charge < -0.3 is 14.2 Å². The van der Waals surface area contributed by atoms with Crippen LogP contribution in [0.1, 0.15) is 56.3 Å². The van der Waals surface area contributed by atoms with Crippen LogP contribution in [0.25, 0.3) is 0 Å². The number of Topliss-reactive ketones (excluding diaryl/α,β-unsaturated/α-hetero) is 1. The van der Waals surface area contributed by atoms with Gasteiger partial charge in [0.05, 0.1) is 26.2 Å². The van der Waals surface area contributed by atoms with E-state index in [0.717, 1.165) is 12.8 Å². The number of carbonyl (C=O) groups is 2. The smallest absolute Gasteiger partial charge is 0.324 e. The summed E-state index contributed by atoms with van der Waals surface area (Å²) in [6, 6.07) is 5.09. The number of benzene rings is 1. The van der Waals surface area contributed by atoms with E-state index in [9.17, 15) is 14.2 Å². The molecule has 7 heteroatoms. The molecule has 1 atom stereocenters. The molecule has 0 aliphatic heterocycles. The van der Waals surface area contributed by atoms with E-state index < -0.39 is 25.0 Å². The van der Waals surface area contributed by atoms with Crippen LogP contribution in [0.2, 0.25) is 0 Å². The zero-order valence-electron chi connectivity index (χ0n) is 16.4. The molecule has 148 valence electrons. The first-order chi connectivity index (χ1) is 12.9. The number of rotatable bonds is 9. The number of ketones is 1. The van der Waals surface area contributed by atoms with Gasteiger partial charge in [0.15, 0.2) is 19.4 Å². The molecule has 2 rings (SSSR count). The second-order valence-corrected chi connectivity index (χ2v) is 8.03. The van der Waals surface area contributed by atoms with Crippen molar-refractivity contribution in [2.45, 2.75) is 51.1 Å². The van der Waals surface area contributed by atoms with Gasteiger partial charge in [-0.15, -0.1) is 0 Å². The first kappa shape index (κ1) is 21.4.